The van der Waals surface area contributed by atoms with Crippen LogP contribution in [0.3, 0.4) is 0 Å². The summed E-state index contributed by atoms with van der Waals surface area (Å²) < 4.78 is 0. The maximum Gasteiger partial charge on any atom is 0.250 e. The van der Waals surface area contributed by atoms with Gasteiger partial charge in [-0.05, 0) is 48.0 Å². The molecule has 0 radical (unpaired) electrons. The molecule has 33 heavy (non-hydrogen) atoms. The number of aromatic nitrogens is 1. The fourth-order valence-corrected chi connectivity index (χ4v) is 7.42. The summed E-state index contributed by atoms with van der Waals surface area (Å²) in [6.07, 6.45) is 3.23. The van der Waals surface area contributed by atoms with E-state index < -0.39 is 11.5 Å². The van der Waals surface area contributed by atoms with Gasteiger partial charge in [-0.15, -0.1) is 11.8 Å². The summed E-state index contributed by atoms with van der Waals surface area (Å²) in [5.41, 5.74) is 1.83. The van der Waals surface area contributed by atoms with Crippen LogP contribution in [0, 0.1) is 5.92 Å². The lowest BCUT2D eigenvalue weighted by molar-refractivity contribution is -0.127. The standard InChI is InChI=1S/C25H19Cl2N3O2S/c26-16-5-3-14(4-6-16)21-20-12-33-13-30(20)25(22(21)23(31)15-2-1-9-28-11-15)18-10-17(27)7-8-19(18)29-24(25)32/h1-11,20-22H,12-13H2,(H,29,32)/t20-,21+,22+,25-/m1/s1. The van der Waals surface area contributed by atoms with E-state index in [1.165, 1.54) is 0 Å². The molecule has 5 nitrogen and oxygen atoms in total. The molecule has 2 fully saturated rings. The van der Waals surface area contributed by atoms with Crippen LogP contribution in [0.4, 0.5) is 5.69 Å². The normalized spacial score (nSPS) is 28.1. The van der Waals surface area contributed by atoms with Gasteiger partial charge >= 0.3 is 0 Å². The fourth-order valence-electron chi connectivity index (χ4n) is 5.79. The molecule has 1 N–H and O–H groups in total. The van der Waals surface area contributed by atoms with Crippen LogP contribution in [-0.2, 0) is 10.3 Å². The van der Waals surface area contributed by atoms with Crippen LogP contribution in [0.25, 0.3) is 0 Å². The van der Waals surface area contributed by atoms with E-state index in [4.69, 9.17) is 23.2 Å². The van der Waals surface area contributed by atoms with Crippen molar-refractivity contribution in [2.75, 3.05) is 16.9 Å². The van der Waals surface area contributed by atoms with Gasteiger partial charge in [0.1, 0.15) is 5.54 Å². The number of Topliss-reactive ketones (excluding diaryl/α,β-unsaturated/α-hetero) is 1. The molecule has 4 heterocycles. The first-order valence-corrected chi connectivity index (χ1v) is 12.6. The molecule has 1 spiro atoms. The second kappa shape index (κ2) is 7.84. The Labute approximate surface area is 205 Å². The van der Waals surface area contributed by atoms with Crippen LogP contribution in [0.15, 0.2) is 67.0 Å². The number of rotatable bonds is 3. The highest BCUT2D eigenvalue weighted by atomic mass is 35.5. The number of pyridine rings is 1. The molecule has 3 aliphatic heterocycles. The van der Waals surface area contributed by atoms with Gasteiger partial charge < -0.3 is 5.32 Å². The first kappa shape index (κ1) is 21.2. The number of ketones is 1. The van der Waals surface area contributed by atoms with E-state index in [1.807, 2.05) is 36.4 Å². The summed E-state index contributed by atoms with van der Waals surface area (Å²) in [7, 11) is 0. The van der Waals surface area contributed by atoms with Crippen LogP contribution >= 0.6 is 35.0 Å². The van der Waals surface area contributed by atoms with Crippen LogP contribution in [0.5, 0.6) is 0 Å². The maximum atomic E-state index is 14.2. The minimum absolute atomic E-state index is 0.0116. The predicted molar refractivity (Wildman–Crippen MR) is 131 cm³/mol. The topological polar surface area (TPSA) is 62.3 Å². The van der Waals surface area contributed by atoms with Gasteiger partial charge in [0.15, 0.2) is 5.78 Å². The third-order valence-corrected chi connectivity index (χ3v) is 8.59. The van der Waals surface area contributed by atoms with Crippen molar-refractivity contribution in [3.05, 3.63) is 93.7 Å². The lowest BCUT2D eigenvalue weighted by Gasteiger charge is -2.36. The number of nitrogens with one attached hydrogen (secondary N) is 1. The van der Waals surface area contributed by atoms with Gasteiger partial charge in [-0.3, -0.25) is 19.5 Å². The highest BCUT2D eigenvalue weighted by molar-refractivity contribution is 7.99. The van der Waals surface area contributed by atoms with Crippen molar-refractivity contribution in [3.63, 3.8) is 0 Å². The Morgan fingerprint density at radius 3 is 2.67 bits per heavy atom. The summed E-state index contributed by atoms with van der Waals surface area (Å²) in [5.74, 6) is 0.380. The number of thioether (sulfide) groups is 1. The number of benzene rings is 2. The minimum atomic E-state index is -1.15. The molecule has 0 unspecified atom stereocenters. The van der Waals surface area contributed by atoms with Gasteiger partial charge in [0.2, 0.25) is 5.91 Å². The minimum Gasteiger partial charge on any atom is -0.324 e. The number of carbonyl (C=O) groups is 2. The van der Waals surface area contributed by atoms with Crippen molar-refractivity contribution in [1.82, 2.24) is 9.88 Å². The SMILES string of the molecule is O=C(c1cccnc1)[C@@H]1[C@@H](c2ccc(Cl)cc2)[C@H]2CSCN2[C@@]12C(=O)Nc1ccc(Cl)cc12. The molecule has 4 atom stereocenters. The van der Waals surface area contributed by atoms with Gasteiger partial charge in [0, 0.05) is 62.8 Å². The van der Waals surface area contributed by atoms with Crippen molar-refractivity contribution < 1.29 is 9.59 Å². The van der Waals surface area contributed by atoms with Crippen LogP contribution in [0.1, 0.15) is 27.4 Å². The maximum absolute atomic E-state index is 14.2. The highest BCUT2D eigenvalue weighted by Gasteiger charge is 2.69. The summed E-state index contributed by atoms with van der Waals surface area (Å²) in [6.45, 7) is 0. The zero-order chi connectivity index (χ0) is 22.7. The molecule has 0 bridgehead atoms. The first-order valence-electron chi connectivity index (χ1n) is 10.7. The third-order valence-electron chi connectivity index (χ3n) is 7.07. The van der Waals surface area contributed by atoms with E-state index in [1.54, 1.807) is 42.4 Å². The Morgan fingerprint density at radius 1 is 1.12 bits per heavy atom. The Kier molecular flexibility index (Phi) is 5.03. The summed E-state index contributed by atoms with van der Waals surface area (Å²) in [6, 6.07) is 16.6. The van der Waals surface area contributed by atoms with Gasteiger partial charge in [-0.1, -0.05) is 35.3 Å². The second-order valence-corrected chi connectivity index (χ2v) is 10.5. The first-order chi connectivity index (χ1) is 16.0. The molecule has 2 saturated heterocycles. The number of carbonyl (C=O) groups excluding carboxylic acids is 2. The largest absolute Gasteiger partial charge is 0.324 e. The van der Waals surface area contributed by atoms with Crippen LogP contribution < -0.4 is 5.32 Å². The van der Waals surface area contributed by atoms with Crippen molar-refractivity contribution in [1.29, 1.82) is 0 Å². The Morgan fingerprint density at radius 2 is 1.91 bits per heavy atom. The van der Waals surface area contributed by atoms with Gasteiger partial charge in [0.25, 0.3) is 0 Å². The summed E-state index contributed by atoms with van der Waals surface area (Å²) in [4.78, 5) is 34.5. The quantitative estimate of drug-likeness (QED) is 0.505. The molecule has 0 aliphatic carbocycles. The number of fused-ring (bicyclic) bond motifs is 4. The Bertz CT molecular complexity index is 1270. The van der Waals surface area contributed by atoms with Crippen molar-refractivity contribution >= 4 is 52.3 Å². The number of nitrogens with zero attached hydrogens (tertiary/aromatic N) is 2. The summed E-state index contributed by atoms with van der Waals surface area (Å²) in [5, 5.41) is 4.22. The van der Waals surface area contributed by atoms with Gasteiger partial charge in [0.05, 0.1) is 5.92 Å². The number of anilines is 1. The number of halogens is 2. The number of hydrogen-bond donors (Lipinski definition) is 1. The molecule has 1 aromatic heterocycles. The van der Waals surface area contributed by atoms with Gasteiger partial charge in [-0.25, -0.2) is 0 Å². The molecule has 1 amide bonds. The summed E-state index contributed by atoms with van der Waals surface area (Å²) >= 11 is 14.4. The predicted octanol–water partition coefficient (Wildman–Crippen LogP) is 5.21. The monoisotopic (exact) mass is 495 g/mol. The molecule has 8 heteroatoms. The van der Waals surface area contributed by atoms with E-state index in [0.717, 1.165) is 16.9 Å². The number of hydrogen-bond acceptors (Lipinski definition) is 5. The zero-order valence-electron chi connectivity index (χ0n) is 17.4. The van der Waals surface area contributed by atoms with E-state index in [2.05, 4.69) is 15.2 Å². The van der Waals surface area contributed by atoms with Crippen LogP contribution in [-0.4, -0.2) is 39.2 Å². The average molecular weight is 496 g/mol. The second-order valence-electron chi connectivity index (χ2n) is 8.61. The molecular formula is C25H19Cl2N3O2S. The molecule has 3 aliphatic rings. The lowest BCUT2D eigenvalue weighted by atomic mass is 9.69. The van der Waals surface area contributed by atoms with Crippen LogP contribution in [0.2, 0.25) is 10.0 Å². The molecule has 2 aromatic carbocycles. The van der Waals surface area contributed by atoms with E-state index in [9.17, 15) is 9.59 Å². The number of amides is 1. The smallest absolute Gasteiger partial charge is 0.250 e. The molecule has 166 valence electrons. The van der Waals surface area contributed by atoms with Crippen molar-refractivity contribution in [2.24, 2.45) is 5.92 Å². The molecular weight excluding hydrogens is 477 g/mol. The van der Waals surface area contributed by atoms with E-state index >= 15 is 0 Å². The van der Waals surface area contributed by atoms with Gasteiger partial charge in [-0.2, -0.15) is 0 Å². The van der Waals surface area contributed by atoms with E-state index in [0.29, 0.717) is 27.2 Å². The molecule has 3 aromatic rings. The fraction of sp³-hybridized carbons (Fsp3) is 0.240. The van der Waals surface area contributed by atoms with Crippen molar-refractivity contribution in [3.8, 4) is 0 Å². The molecule has 6 rings (SSSR count). The zero-order valence-corrected chi connectivity index (χ0v) is 19.7. The van der Waals surface area contributed by atoms with E-state index in [-0.39, 0.29) is 23.7 Å². The highest BCUT2D eigenvalue weighted by Crippen LogP contribution is 2.61. The molecule has 0 saturated carbocycles. The average Bonchev–Trinajstić information content (AvgIpc) is 3.48. The Hall–Kier alpha value is -2.38. The Balaban J connectivity index is 1.63. The lowest BCUT2D eigenvalue weighted by Crippen LogP contribution is -2.52. The third kappa shape index (κ3) is 3.01. The van der Waals surface area contributed by atoms with Crippen molar-refractivity contribution in [2.45, 2.75) is 17.5 Å².